The van der Waals surface area contributed by atoms with E-state index in [0.29, 0.717) is 24.1 Å². The number of carbonyl (C=O) groups is 1. The Morgan fingerprint density at radius 2 is 2.16 bits per heavy atom. The Labute approximate surface area is 114 Å². The molecule has 1 aromatic carbocycles. The number of carboxylic acid groups (broad SMARTS) is 1. The van der Waals surface area contributed by atoms with Gasteiger partial charge in [-0.25, -0.2) is 4.79 Å². The molecule has 1 fully saturated rings. The SMILES string of the molecule is Cc1cc(C(=O)O)ccc1NC1CCCCC1CN. The predicted octanol–water partition coefficient (Wildman–Crippen LogP) is 2.62. The summed E-state index contributed by atoms with van der Waals surface area (Å²) in [6.07, 6.45) is 4.82. The molecule has 0 spiro atoms. The average molecular weight is 262 g/mol. The van der Waals surface area contributed by atoms with Gasteiger partial charge in [0.2, 0.25) is 0 Å². The topological polar surface area (TPSA) is 75.3 Å². The van der Waals surface area contributed by atoms with Crippen LogP contribution in [0.15, 0.2) is 18.2 Å². The maximum Gasteiger partial charge on any atom is 0.335 e. The molecule has 4 heteroatoms. The van der Waals surface area contributed by atoms with E-state index < -0.39 is 5.97 Å². The molecule has 19 heavy (non-hydrogen) atoms. The first-order chi connectivity index (χ1) is 9.11. The minimum absolute atomic E-state index is 0.335. The Bertz CT molecular complexity index is 459. The highest BCUT2D eigenvalue weighted by molar-refractivity contribution is 5.88. The average Bonchev–Trinajstić information content (AvgIpc) is 2.41. The number of nitrogens with two attached hydrogens (primary N) is 1. The van der Waals surface area contributed by atoms with Crippen molar-refractivity contribution in [1.82, 2.24) is 0 Å². The second-order valence-corrected chi connectivity index (χ2v) is 5.37. The van der Waals surface area contributed by atoms with Gasteiger partial charge in [0.1, 0.15) is 0 Å². The molecule has 2 rings (SSSR count). The predicted molar refractivity (Wildman–Crippen MR) is 76.6 cm³/mol. The van der Waals surface area contributed by atoms with E-state index in [2.05, 4.69) is 5.32 Å². The first kappa shape index (κ1) is 13.9. The molecule has 0 aliphatic heterocycles. The summed E-state index contributed by atoms with van der Waals surface area (Å²) in [7, 11) is 0. The Balaban J connectivity index is 2.11. The van der Waals surface area contributed by atoms with E-state index in [4.69, 9.17) is 10.8 Å². The smallest absolute Gasteiger partial charge is 0.335 e. The molecule has 1 saturated carbocycles. The lowest BCUT2D eigenvalue weighted by Gasteiger charge is -2.32. The first-order valence-electron chi connectivity index (χ1n) is 6.92. The van der Waals surface area contributed by atoms with Crippen LogP contribution in [-0.2, 0) is 0 Å². The number of nitrogens with one attached hydrogen (secondary N) is 1. The summed E-state index contributed by atoms with van der Waals surface area (Å²) in [6, 6.07) is 5.64. The summed E-state index contributed by atoms with van der Waals surface area (Å²) in [5.74, 6) is -0.362. The molecule has 0 saturated heterocycles. The number of hydrogen-bond acceptors (Lipinski definition) is 3. The summed E-state index contributed by atoms with van der Waals surface area (Å²) in [6.45, 7) is 2.65. The molecule has 0 amide bonds. The largest absolute Gasteiger partial charge is 0.478 e. The normalized spacial score (nSPS) is 23.1. The third kappa shape index (κ3) is 3.26. The highest BCUT2D eigenvalue weighted by atomic mass is 16.4. The lowest BCUT2D eigenvalue weighted by Crippen LogP contribution is -2.36. The van der Waals surface area contributed by atoms with Gasteiger partial charge in [0.25, 0.3) is 0 Å². The third-order valence-electron chi connectivity index (χ3n) is 4.03. The summed E-state index contributed by atoms with van der Waals surface area (Å²) < 4.78 is 0. The molecule has 104 valence electrons. The zero-order valence-corrected chi connectivity index (χ0v) is 11.4. The van der Waals surface area contributed by atoms with E-state index >= 15 is 0 Å². The van der Waals surface area contributed by atoms with Crippen LogP contribution in [0.5, 0.6) is 0 Å². The lowest BCUT2D eigenvalue weighted by molar-refractivity contribution is 0.0697. The molecule has 0 heterocycles. The highest BCUT2D eigenvalue weighted by Gasteiger charge is 2.24. The molecule has 1 aliphatic rings. The van der Waals surface area contributed by atoms with Crippen molar-refractivity contribution in [2.45, 2.75) is 38.6 Å². The van der Waals surface area contributed by atoms with Crippen LogP contribution in [0.2, 0.25) is 0 Å². The van der Waals surface area contributed by atoms with Gasteiger partial charge in [0.05, 0.1) is 5.56 Å². The Hall–Kier alpha value is -1.55. The van der Waals surface area contributed by atoms with Crippen molar-refractivity contribution in [2.75, 3.05) is 11.9 Å². The van der Waals surface area contributed by atoms with Crippen LogP contribution in [0.1, 0.15) is 41.6 Å². The summed E-state index contributed by atoms with van der Waals surface area (Å²) in [5, 5.41) is 12.5. The third-order valence-corrected chi connectivity index (χ3v) is 4.03. The fourth-order valence-corrected chi connectivity index (χ4v) is 2.84. The van der Waals surface area contributed by atoms with E-state index in [1.54, 1.807) is 12.1 Å². The fourth-order valence-electron chi connectivity index (χ4n) is 2.84. The summed E-state index contributed by atoms with van der Waals surface area (Å²) in [5.41, 5.74) is 8.16. The molecule has 1 aliphatic carbocycles. The van der Waals surface area contributed by atoms with Gasteiger partial charge < -0.3 is 16.2 Å². The molecule has 2 atom stereocenters. The molecule has 4 N–H and O–H groups in total. The summed E-state index contributed by atoms with van der Waals surface area (Å²) in [4.78, 5) is 10.9. The van der Waals surface area contributed by atoms with Gasteiger partial charge in [-0.15, -0.1) is 0 Å². The first-order valence-corrected chi connectivity index (χ1v) is 6.92. The standard InChI is InChI=1S/C15H22N2O2/c1-10-8-11(15(18)19)6-7-13(10)17-14-5-3-2-4-12(14)9-16/h6-8,12,14,17H,2-5,9,16H2,1H3,(H,18,19). The van der Waals surface area contributed by atoms with Crippen LogP contribution < -0.4 is 11.1 Å². The van der Waals surface area contributed by atoms with Crippen molar-refractivity contribution >= 4 is 11.7 Å². The zero-order valence-electron chi connectivity index (χ0n) is 11.4. The van der Waals surface area contributed by atoms with Crippen LogP contribution in [-0.4, -0.2) is 23.7 Å². The number of carboxylic acids is 1. The van der Waals surface area contributed by atoms with E-state index in [1.165, 1.54) is 19.3 Å². The minimum Gasteiger partial charge on any atom is -0.478 e. The lowest BCUT2D eigenvalue weighted by atomic mass is 9.84. The second kappa shape index (κ2) is 6.06. The number of anilines is 1. The molecule has 0 bridgehead atoms. The van der Waals surface area contributed by atoms with Crippen molar-refractivity contribution in [2.24, 2.45) is 11.7 Å². The van der Waals surface area contributed by atoms with E-state index in [1.807, 2.05) is 13.0 Å². The molecular formula is C15H22N2O2. The number of aromatic carboxylic acids is 1. The molecule has 0 aromatic heterocycles. The van der Waals surface area contributed by atoms with Crippen LogP contribution in [0.25, 0.3) is 0 Å². The van der Waals surface area contributed by atoms with E-state index in [0.717, 1.165) is 17.7 Å². The molecule has 4 nitrogen and oxygen atoms in total. The van der Waals surface area contributed by atoms with Crippen molar-refractivity contribution in [3.63, 3.8) is 0 Å². The van der Waals surface area contributed by atoms with E-state index in [9.17, 15) is 4.79 Å². The summed E-state index contributed by atoms with van der Waals surface area (Å²) >= 11 is 0. The number of benzene rings is 1. The maximum atomic E-state index is 10.9. The Kier molecular flexibility index (Phi) is 4.43. The van der Waals surface area contributed by atoms with Crippen LogP contribution in [0.4, 0.5) is 5.69 Å². The molecule has 0 radical (unpaired) electrons. The van der Waals surface area contributed by atoms with Crippen LogP contribution in [0, 0.1) is 12.8 Å². The van der Waals surface area contributed by atoms with Crippen LogP contribution >= 0.6 is 0 Å². The van der Waals surface area contributed by atoms with Crippen molar-refractivity contribution in [1.29, 1.82) is 0 Å². The van der Waals surface area contributed by atoms with Gasteiger partial charge in [-0.1, -0.05) is 12.8 Å². The van der Waals surface area contributed by atoms with Gasteiger partial charge in [-0.05, 0) is 56.0 Å². The van der Waals surface area contributed by atoms with Crippen molar-refractivity contribution in [3.05, 3.63) is 29.3 Å². The Morgan fingerprint density at radius 3 is 2.79 bits per heavy atom. The monoisotopic (exact) mass is 262 g/mol. The fraction of sp³-hybridized carbons (Fsp3) is 0.533. The van der Waals surface area contributed by atoms with Gasteiger partial charge in [-0.2, -0.15) is 0 Å². The number of rotatable bonds is 4. The van der Waals surface area contributed by atoms with Crippen molar-refractivity contribution in [3.8, 4) is 0 Å². The van der Waals surface area contributed by atoms with E-state index in [-0.39, 0.29) is 0 Å². The minimum atomic E-state index is -0.882. The number of hydrogen-bond donors (Lipinski definition) is 3. The van der Waals surface area contributed by atoms with Crippen molar-refractivity contribution < 1.29 is 9.90 Å². The number of aryl methyl sites for hydroxylation is 1. The zero-order chi connectivity index (χ0) is 13.8. The molecule has 2 unspecified atom stereocenters. The van der Waals surface area contributed by atoms with Gasteiger partial charge in [0.15, 0.2) is 0 Å². The quantitative estimate of drug-likeness (QED) is 0.779. The molecular weight excluding hydrogens is 240 g/mol. The maximum absolute atomic E-state index is 10.9. The van der Waals surface area contributed by atoms with Gasteiger partial charge in [0, 0.05) is 11.7 Å². The Morgan fingerprint density at radius 1 is 1.42 bits per heavy atom. The highest BCUT2D eigenvalue weighted by Crippen LogP contribution is 2.28. The van der Waals surface area contributed by atoms with Gasteiger partial charge >= 0.3 is 5.97 Å². The van der Waals surface area contributed by atoms with Crippen LogP contribution in [0.3, 0.4) is 0 Å². The molecule has 1 aromatic rings. The van der Waals surface area contributed by atoms with Gasteiger partial charge in [-0.3, -0.25) is 0 Å². The second-order valence-electron chi connectivity index (χ2n) is 5.37.